The van der Waals surface area contributed by atoms with Crippen LogP contribution in [0.25, 0.3) is 22.5 Å². The summed E-state index contributed by atoms with van der Waals surface area (Å²) in [5.74, 6) is 0.125. The Morgan fingerprint density at radius 1 is 1.06 bits per heavy atom. The first-order chi connectivity index (χ1) is 16.5. The number of hydrogen-bond acceptors (Lipinski definition) is 5. The third kappa shape index (κ3) is 3.14. The van der Waals surface area contributed by atoms with E-state index < -0.39 is 5.91 Å². The van der Waals surface area contributed by atoms with Gasteiger partial charge in [-0.2, -0.15) is 15.1 Å². The minimum Gasteiger partial charge on any atom is -0.462 e. The van der Waals surface area contributed by atoms with Crippen molar-refractivity contribution in [3.63, 3.8) is 0 Å². The van der Waals surface area contributed by atoms with Gasteiger partial charge in [0.25, 0.3) is 5.91 Å². The molecule has 0 fully saturated rings. The van der Waals surface area contributed by atoms with Crippen LogP contribution in [0.5, 0.6) is 0 Å². The van der Waals surface area contributed by atoms with Gasteiger partial charge in [-0.1, -0.05) is 36.4 Å². The number of amidine groups is 2. The van der Waals surface area contributed by atoms with Crippen molar-refractivity contribution in [1.29, 1.82) is 5.41 Å². The second kappa shape index (κ2) is 7.71. The van der Waals surface area contributed by atoms with Crippen molar-refractivity contribution in [2.75, 3.05) is 0 Å². The lowest BCUT2D eigenvalue weighted by molar-refractivity contribution is -0.114. The number of aliphatic imine (C=N–C) groups is 1. The second-order valence-corrected chi connectivity index (χ2v) is 9.02. The van der Waals surface area contributed by atoms with Crippen molar-refractivity contribution in [2.45, 2.75) is 13.8 Å². The number of aryl methyl sites for hydroxylation is 1. The summed E-state index contributed by atoms with van der Waals surface area (Å²) in [5, 5.41) is 17.7. The average molecular weight is 466 g/mol. The third-order valence-corrected chi connectivity index (χ3v) is 6.89. The monoisotopic (exact) mass is 465 g/mol. The van der Waals surface area contributed by atoms with Gasteiger partial charge in [-0.15, -0.1) is 0 Å². The van der Waals surface area contributed by atoms with Gasteiger partial charge in [0.15, 0.2) is 16.6 Å². The molecule has 0 spiro atoms. The molecule has 8 heteroatoms. The van der Waals surface area contributed by atoms with Crippen LogP contribution < -0.4 is 0 Å². The summed E-state index contributed by atoms with van der Waals surface area (Å²) in [6, 6.07) is 20.1. The number of hydrogen-bond donors (Lipinski definition) is 1. The van der Waals surface area contributed by atoms with Crippen molar-refractivity contribution in [3.05, 3.63) is 95.2 Å². The normalized spacial score (nSPS) is 16.9. The fourth-order valence-corrected chi connectivity index (χ4v) is 5.21. The number of benzene rings is 2. The Labute approximate surface area is 199 Å². The van der Waals surface area contributed by atoms with Crippen molar-refractivity contribution in [1.82, 2.24) is 9.58 Å². The molecule has 4 heterocycles. The SMILES string of the molecule is Cc1cc(C=C2C(=N)N3N=C(c4ccco4)SC3=NC2=O)c(C)n1-c1cccc2ccccc12. The zero-order valence-electron chi connectivity index (χ0n) is 18.4. The van der Waals surface area contributed by atoms with Crippen molar-refractivity contribution < 1.29 is 9.21 Å². The first-order valence-corrected chi connectivity index (χ1v) is 11.5. The zero-order valence-corrected chi connectivity index (χ0v) is 19.3. The van der Waals surface area contributed by atoms with Crippen LogP contribution in [-0.4, -0.2) is 31.5 Å². The fourth-order valence-electron chi connectivity index (χ4n) is 4.36. The van der Waals surface area contributed by atoms with Crippen LogP contribution in [0.2, 0.25) is 0 Å². The average Bonchev–Trinajstić information content (AvgIpc) is 3.56. The highest BCUT2D eigenvalue weighted by atomic mass is 32.2. The van der Waals surface area contributed by atoms with E-state index in [1.165, 1.54) is 16.8 Å². The highest BCUT2D eigenvalue weighted by Gasteiger charge is 2.36. The Morgan fingerprint density at radius 3 is 2.71 bits per heavy atom. The van der Waals surface area contributed by atoms with Crippen LogP contribution >= 0.6 is 11.8 Å². The molecule has 7 nitrogen and oxygen atoms in total. The van der Waals surface area contributed by atoms with Gasteiger partial charge in [0, 0.05) is 16.8 Å². The predicted molar refractivity (Wildman–Crippen MR) is 136 cm³/mol. The maximum Gasteiger partial charge on any atom is 0.283 e. The van der Waals surface area contributed by atoms with Gasteiger partial charge in [-0.3, -0.25) is 10.2 Å². The van der Waals surface area contributed by atoms with Crippen LogP contribution in [0.15, 0.2) is 87.0 Å². The van der Waals surface area contributed by atoms with E-state index in [1.54, 1.807) is 24.5 Å². The van der Waals surface area contributed by atoms with Crippen LogP contribution in [0.4, 0.5) is 0 Å². The van der Waals surface area contributed by atoms with E-state index >= 15 is 0 Å². The molecule has 0 bridgehead atoms. The van der Waals surface area contributed by atoms with E-state index in [4.69, 9.17) is 9.83 Å². The largest absolute Gasteiger partial charge is 0.462 e. The molecular weight excluding hydrogens is 446 g/mol. The maximum absolute atomic E-state index is 12.9. The number of amides is 1. The quantitative estimate of drug-likeness (QED) is 0.404. The third-order valence-electron chi connectivity index (χ3n) is 5.96. The molecule has 0 atom stereocenters. The summed E-state index contributed by atoms with van der Waals surface area (Å²) in [5.41, 5.74) is 4.15. The molecule has 166 valence electrons. The van der Waals surface area contributed by atoms with Crippen molar-refractivity contribution >= 4 is 50.6 Å². The van der Waals surface area contributed by atoms with Gasteiger partial charge < -0.3 is 8.98 Å². The summed E-state index contributed by atoms with van der Waals surface area (Å²) < 4.78 is 7.59. The Kier molecular flexibility index (Phi) is 4.63. The standard InChI is InChI=1S/C26H19N5O2S/c1-15-13-18(16(2)30(15)21-10-5-8-17-7-3-4-9-19(17)21)14-20-23(27)31-26(28-24(20)32)34-25(29-31)22-11-6-12-33-22/h3-14,27H,1-2H3. The van der Waals surface area contributed by atoms with E-state index in [0.717, 1.165) is 33.4 Å². The van der Waals surface area contributed by atoms with Gasteiger partial charge in [0.05, 0.1) is 17.5 Å². The molecule has 0 saturated heterocycles. The zero-order chi connectivity index (χ0) is 23.4. The number of nitrogens with zero attached hydrogens (tertiary/aromatic N) is 4. The lowest BCUT2D eigenvalue weighted by Crippen LogP contribution is -2.35. The molecule has 4 aromatic rings. The lowest BCUT2D eigenvalue weighted by atomic mass is 10.1. The highest BCUT2D eigenvalue weighted by molar-refractivity contribution is 8.27. The van der Waals surface area contributed by atoms with Crippen LogP contribution in [-0.2, 0) is 4.79 Å². The van der Waals surface area contributed by atoms with Crippen LogP contribution in [0, 0.1) is 19.3 Å². The molecule has 1 N–H and O–H groups in total. The maximum atomic E-state index is 12.9. The molecule has 2 aliphatic rings. The Hall–Kier alpha value is -4.17. The number of furan rings is 1. The molecular formula is C26H19N5O2S. The summed E-state index contributed by atoms with van der Waals surface area (Å²) in [4.78, 5) is 17.1. The first kappa shape index (κ1) is 20.4. The van der Waals surface area contributed by atoms with Crippen LogP contribution in [0.1, 0.15) is 22.7 Å². The predicted octanol–water partition coefficient (Wildman–Crippen LogP) is 5.51. The molecule has 2 aromatic carbocycles. The van der Waals surface area contributed by atoms with E-state index in [1.807, 2.05) is 38.1 Å². The van der Waals surface area contributed by atoms with E-state index in [-0.39, 0.29) is 11.4 Å². The summed E-state index contributed by atoms with van der Waals surface area (Å²) in [7, 11) is 0. The van der Waals surface area contributed by atoms with Crippen molar-refractivity contribution in [2.24, 2.45) is 10.1 Å². The molecule has 2 aliphatic heterocycles. The van der Waals surface area contributed by atoms with Gasteiger partial charge >= 0.3 is 0 Å². The highest BCUT2D eigenvalue weighted by Crippen LogP contribution is 2.32. The summed E-state index contributed by atoms with van der Waals surface area (Å²) in [6.07, 6.45) is 3.30. The van der Waals surface area contributed by atoms with Crippen molar-refractivity contribution in [3.8, 4) is 5.69 Å². The molecule has 0 saturated carbocycles. The number of hydrazone groups is 1. The number of rotatable bonds is 3. The Bertz CT molecular complexity index is 1590. The minimum absolute atomic E-state index is 0.000907. The van der Waals surface area contributed by atoms with E-state index in [9.17, 15) is 4.79 Å². The summed E-state index contributed by atoms with van der Waals surface area (Å²) >= 11 is 1.22. The molecule has 2 aromatic heterocycles. The van der Waals surface area contributed by atoms with E-state index in [0.29, 0.717) is 16.0 Å². The van der Waals surface area contributed by atoms with Gasteiger partial charge in [-0.05, 0) is 66.9 Å². The summed E-state index contributed by atoms with van der Waals surface area (Å²) in [6.45, 7) is 4.06. The number of thioether (sulfide) groups is 1. The van der Waals surface area contributed by atoms with Crippen LogP contribution in [0.3, 0.4) is 0 Å². The number of carbonyl (C=O) groups excluding carboxylic acids is 1. The molecule has 1 amide bonds. The molecule has 6 rings (SSSR count). The molecule has 0 radical (unpaired) electrons. The molecule has 0 aliphatic carbocycles. The smallest absolute Gasteiger partial charge is 0.283 e. The molecule has 0 unspecified atom stereocenters. The number of carbonyl (C=O) groups is 1. The second-order valence-electron chi connectivity index (χ2n) is 8.06. The number of fused-ring (bicyclic) bond motifs is 2. The number of nitrogens with one attached hydrogen (secondary N) is 1. The Morgan fingerprint density at radius 2 is 1.88 bits per heavy atom. The Balaban J connectivity index is 1.41. The number of aromatic nitrogens is 1. The minimum atomic E-state index is -0.449. The first-order valence-electron chi connectivity index (χ1n) is 10.7. The van der Waals surface area contributed by atoms with Gasteiger partial charge in [0.1, 0.15) is 0 Å². The fraction of sp³-hybridized carbons (Fsp3) is 0.0769. The molecule has 34 heavy (non-hydrogen) atoms. The van der Waals surface area contributed by atoms with Gasteiger partial charge in [-0.25, -0.2) is 0 Å². The lowest BCUT2D eigenvalue weighted by Gasteiger charge is -2.20. The van der Waals surface area contributed by atoms with E-state index in [2.05, 4.69) is 38.9 Å². The topological polar surface area (TPSA) is 87.0 Å². The van der Waals surface area contributed by atoms with Gasteiger partial charge in [0.2, 0.25) is 5.17 Å².